The van der Waals surface area contributed by atoms with Gasteiger partial charge in [0.15, 0.2) is 0 Å². The van der Waals surface area contributed by atoms with Crippen LogP contribution in [0, 0.1) is 0 Å². The maximum atomic E-state index is 12.2. The zero-order chi connectivity index (χ0) is 13.6. The molecule has 0 radical (unpaired) electrons. The Kier molecular flexibility index (Phi) is 6.89. The van der Waals surface area contributed by atoms with Crippen LogP contribution in [-0.2, 0) is 18.4 Å². The van der Waals surface area contributed by atoms with Crippen LogP contribution in [0.1, 0.15) is 27.7 Å². The highest BCUT2D eigenvalue weighted by Gasteiger charge is 2.33. The second-order valence-electron chi connectivity index (χ2n) is 4.01. The largest absolute Gasteiger partial charge is 0.480 e. The summed E-state index contributed by atoms with van der Waals surface area (Å²) in [6, 6.07) is -1.39. The lowest BCUT2D eigenvalue weighted by molar-refractivity contribution is -0.140. The predicted octanol–water partition coefficient (Wildman–Crippen LogP) is 0.980. The summed E-state index contributed by atoms with van der Waals surface area (Å²) >= 11 is 0. The Balaban J connectivity index is 4.79. The number of rotatable bonds is 8. The molecule has 0 fully saturated rings. The molecule has 7 nitrogen and oxygen atoms in total. The Hall–Kier alpha value is -0.460. The Labute approximate surface area is 101 Å². The Morgan fingerprint density at radius 3 is 1.88 bits per heavy atom. The van der Waals surface area contributed by atoms with E-state index in [1.165, 1.54) is 0 Å². The lowest BCUT2D eigenvalue weighted by atomic mass is 10.3. The molecule has 0 aliphatic rings. The number of hydrogen-bond acceptors (Lipinski definition) is 5. The fraction of sp³-hybridized carbons (Fsp3) is 0.889. The zero-order valence-electron chi connectivity index (χ0n) is 10.4. The first-order chi connectivity index (χ1) is 7.70. The van der Waals surface area contributed by atoms with E-state index in [9.17, 15) is 9.36 Å². The van der Waals surface area contributed by atoms with Gasteiger partial charge in [-0.25, -0.2) is 9.65 Å². The van der Waals surface area contributed by atoms with Gasteiger partial charge in [0.25, 0.3) is 0 Å². The molecular weight excluding hydrogens is 249 g/mol. The lowest BCUT2D eigenvalue weighted by Crippen LogP contribution is -2.39. The molecule has 1 unspecified atom stereocenters. The van der Waals surface area contributed by atoms with Crippen LogP contribution in [0.4, 0.5) is 0 Å². The number of carboxylic acids is 1. The second-order valence-corrected chi connectivity index (χ2v) is 5.68. The van der Waals surface area contributed by atoms with Crippen molar-refractivity contribution in [3.8, 4) is 0 Å². The average molecular weight is 269 g/mol. The van der Waals surface area contributed by atoms with Crippen molar-refractivity contribution in [3.05, 3.63) is 0 Å². The normalized spacial score (nSPS) is 14.3. The van der Waals surface area contributed by atoms with Crippen molar-refractivity contribution in [3.63, 3.8) is 0 Å². The molecule has 0 spiro atoms. The van der Waals surface area contributed by atoms with Crippen LogP contribution in [0.3, 0.4) is 0 Å². The van der Waals surface area contributed by atoms with Gasteiger partial charge in [0.05, 0.1) is 18.8 Å². The molecule has 0 saturated heterocycles. The minimum absolute atomic E-state index is 0.403. The summed E-state index contributed by atoms with van der Waals surface area (Å²) in [6.07, 6.45) is -0.805. The third kappa shape index (κ3) is 6.75. The van der Waals surface area contributed by atoms with Gasteiger partial charge in [-0.1, -0.05) is 0 Å². The van der Waals surface area contributed by atoms with Gasteiger partial charge in [-0.15, -0.1) is 0 Å². The second kappa shape index (κ2) is 7.08. The Bertz CT molecular complexity index is 279. The number of aliphatic carboxylic acids is 1. The van der Waals surface area contributed by atoms with E-state index >= 15 is 0 Å². The summed E-state index contributed by atoms with van der Waals surface area (Å²) in [6.45, 7) is 5.88. The van der Waals surface area contributed by atoms with E-state index in [2.05, 4.69) is 5.09 Å². The van der Waals surface area contributed by atoms with Gasteiger partial charge in [-0.05, 0) is 27.7 Å². The summed E-state index contributed by atoms with van der Waals surface area (Å²) in [5.74, 6) is -1.33. The molecule has 0 aliphatic carbocycles. The van der Waals surface area contributed by atoms with E-state index in [1.54, 1.807) is 27.7 Å². The number of nitrogens with one attached hydrogen (secondary N) is 1. The first kappa shape index (κ1) is 16.5. The van der Waals surface area contributed by atoms with Gasteiger partial charge in [0.1, 0.15) is 6.04 Å². The lowest BCUT2D eigenvalue weighted by Gasteiger charge is -2.25. The fourth-order valence-corrected chi connectivity index (χ4v) is 2.86. The molecule has 0 aromatic carbocycles. The molecule has 3 N–H and O–H groups in total. The van der Waals surface area contributed by atoms with Crippen LogP contribution in [0.25, 0.3) is 0 Å². The molecule has 17 heavy (non-hydrogen) atoms. The smallest absolute Gasteiger partial charge is 0.406 e. The summed E-state index contributed by atoms with van der Waals surface area (Å²) in [7, 11) is -3.75. The van der Waals surface area contributed by atoms with Crippen LogP contribution < -0.4 is 5.09 Å². The number of hydrogen-bond donors (Lipinski definition) is 3. The molecule has 0 aliphatic heterocycles. The minimum Gasteiger partial charge on any atom is -0.480 e. The standard InChI is InChI=1S/C9H20NO6P/c1-6(2)15-17(14,16-7(3)4)10-8(5-11)9(12)13/h6-8,11H,5H2,1-4H3,(H,10,14)(H,12,13). The molecule has 0 heterocycles. The molecule has 0 rings (SSSR count). The molecule has 8 heteroatoms. The van der Waals surface area contributed by atoms with Crippen molar-refractivity contribution in [1.29, 1.82) is 0 Å². The SMILES string of the molecule is CC(C)OP(=O)(NC(CO)C(=O)O)OC(C)C. The van der Waals surface area contributed by atoms with Gasteiger partial charge in [-0.2, -0.15) is 0 Å². The Morgan fingerprint density at radius 1 is 1.24 bits per heavy atom. The molecule has 0 aromatic rings. The van der Waals surface area contributed by atoms with Gasteiger partial charge in [-0.3, -0.25) is 13.8 Å². The highest BCUT2D eigenvalue weighted by Crippen LogP contribution is 2.46. The fourth-order valence-electron chi connectivity index (χ4n) is 1.01. The number of aliphatic hydroxyl groups excluding tert-OH is 1. The van der Waals surface area contributed by atoms with Crippen molar-refractivity contribution in [1.82, 2.24) is 5.09 Å². The van der Waals surface area contributed by atoms with Crippen LogP contribution in [0.2, 0.25) is 0 Å². The maximum Gasteiger partial charge on any atom is 0.406 e. The van der Waals surface area contributed by atoms with E-state index in [0.717, 1.165) is 0 Å². The average Bonchev–Trinajstić information content (AvgIpc) is 2.10. The van der Waals surface area contributed by atoms with Gasteiger partial charge in [0, 0.05) is 0 Å². The number of aliphatic hydroxyl groups is 1. The van der Waals surface area contributed by atoms with Gasteiger partial charge >= 0.3 is 13.7 Å². The third-order valence-corrected chi connectivity index (χ3v) is 3.52. The first-order valence-electron chi connectivity index (χ1n) is 5.28. The van der Waals surface area contributed by atoms with Crippen LogP contribution in [-0.4, -0.2) is 41.0 Å². The van der Waals surface area contributed by atoms with E-state index < -0.39 is 38.6 Å². The van der Waals surface area contributed by atoms with Crippen molar-refractivity contribution < 1.29 is 28.6 Å². The molecule has 0 bridgehead atoms. The van der Waals surface area contributed by atoms with E-state index in [4.69, 9.17) is 19.3 Å². The minimum atomic E-state index is -3.75. The van der Waals surface area contributed by atoms with Crippen LogP contribution in [0.15, 0.2) is 0 Å². The highest BCUT2D eigenvalue weighted by atomic mass is 31.2. The molecule has 0 aromatic heterocycles. The highest BCUT2D eigenvalue weighted by molar-refractivity contribution is 7.51. The van der Waals surface area contributed by atoms with E-state index in [-0.39, 0.29) is 0 Å². The zero-order valence-corrected chi connectivity index (χ0v) is 11.3. The molecule has 102 valence electrons. The van der Waals surface area contributed by atoms with Gasteiger partial charge < -0.3 is 10.2 Å². The van der Waals surface area contributed by atoms with E-state index in [0.29, 0.717) is 0 Å². The predicted molar refractivity (Wildman–Crippen MR) is 61.7 cm³/mol. The first-order valence-corrected chi connectivity index (χ1v) is 6.82. The summed E-state index contributed by atoms with van der Waals surface area (Å²) < 4.78 is 22.3. The summed E-state index contributed by atoms with van der Waals surface area (Å²) in [5, 5.41) is 19.8. The molecule has 0 saturated carbocycles. The Morgan fingerprint density at radius 2 is 1.65 bits per heavy atom. The number of carbonyl (C=O) groups is 1. The summed E-state index contributed by atoms with van der Waals surface area (Å²) in [4.78, 5) is 10.7. The van der Waals surface area contributed by atoms with Crippen LogP contribution in [0.5, 0.6) is 0 Å². The van der Waals surface area contributed by atoms with Crippen molar-refractivity contribution in [2.75, 3.05) is 6.61 Å². The number of carboxylic acid groups (broad SMARTS) is 1. The van der Waals surface area contributed by atoms with Crippen molar-refractivity contribution in [2.24, 2.45) is 0 Å². The van der Waals surface area contributed by atoms with Crippen molar-refractivity contribution in [2.45, 2.75) is 45.9 Å². The molecule has 1 atom stereocenters. The monoisotopic (exact) mass is 269 g/mol. The summed E-state index contributed by atoms with van der Waals surface area (Å²) in [5.41, 5.74) is 0. The van der Waals surface area contributed by atoms with Crippen molar-refractivity contribution >= 4 is 13.7 Å². The quantitative estimate of drug-likeness (QED) is 0.564. The van der Waals surface area contributed by atoms with Crippen LogP contribution >= 0.6 is 7.75 Å². The molecular formula is C9H20NO6P. The van der Waals surface area contributed by atoms with E-state index in [1.807, 2.05) is 0 Å². The molecule has 0 amide bonds. The topological polar surface area (TPSA) is 105 Å². The maximum absolute atomic E-state index is 12.2. The van der Waals surface area contributed by atoms with Gasteiger partial charge in [0.2, 0.25) is 0 Å². The third-order valence-electron chi connectivity index (χ3n) is 1.49.